The molecular formula is C13H19N3O. The van der Waals surface area contributed by atoms with Gasteiger partial charge in [0, 0.05) is 20.0 Å². The quantitative estimate of drug-likeness (QED) is 0.768. The Labute approximate surface area is 102 Å². The summed E-state index contributed by atoms with van der Waals surface area (Å²) in [6.45, 7) is 5.12. The van der Waals surface area contributed by atoms with Gasteiger partial charge in [-0.25, -0.2) is 0 Å². The smallest absolute Gasteiger partial charge is 0.223 e. The Morgan fingerprint density at radius 3 is 2.94 bits per heavy atom. The predicted molar refractivity (Wildman–Crippen MR) is 71.4 cm³/mol. The maximum absolute atomic E-state index is 11.7. The zero-order valence-corrected chi connectivity index (χ0v) is 10.4. The van der Waals surface area contributed by atoms with Crippen molar-refractivity contribution in [2.45, 2.75) is 26.7 Å². The van der Waals surface area contributed by atoms with Crippen molar-refractivity contribution in [3.8, 4) is 0 Å². The number of benzene rings is 1. The van der Waals surface area contributed by atoms with Crippen LogP contribution in [-0.4, -0.2) is 19.0 Å². The molecule has 0 atom stereocenters. The number of nitrogens with one attached hydrogen (secondary N) is 1. The van der Waals surface area contributed by atoms with Crippen LogP contribution in [0.25, 0.3) is 0 Å². The van der Waals surface area contributed by atoms with Gasteiger partial charge in [-0.2, -0.15) is 0 Å². The third-order valence-electron chi connectivity index (χ3n) is 3.19. The van der Waals surface area contributed by atoms with Crippen molar-refractivity contribution in [3.05, 3.63) is 17.7 Å². The van der Waals surface area contributed by atoms with E-state index in [1.54, 1.807) is 11.8 Å². The Morgan fingerprint density at radius 1 is 1.53 bits per heavy atom. The van der Waals surface area contributed by atoms with Crippen LogP contribution in [0.4, 0.5) is 17.1 Å². The van der Waals surface area contributed by atoms with Crippen LogP contribution >= 0.6 is 0 Å². The third-order valence-corrected chi connectivity index (χ3v) is 3.19. The van der Waals surface area contributed by atoms with Crippen molar-refractivity contribution in [1.29, 1.82) is 0 Å². The predicted octanol–water partition coefficient (Wildman–Crippen LogP) is 2.00. The Balaban J connectivity index is 2.54. The van der Waals surface area contributed by atoms with E-state index in [1.807, 2.05) is 19.1 Å². The number of rotatable bonds is 2. The number of hydrogen-bond acceptors (Lipinski definition) is 3. The summed E-state index contributed by atoms with van der Waals surface area (Å²) in [5.41, 5.74) is 9.82. The first-order valence-corrected chi connectivity index (χ1v) is 6.08. The van der Waals surface area contributed by atoms with Crippen LogP contribution in [-0.2, 0) is 11.2 Å². The number of carbonyl (C=O) groups is 1. The highest BCUT2D eigenvalue weighted by Crippen LogP contribution is 2.37. The molecule has 1 heterocycles. The molecule has 0 bridgehead atoms. The maximum atomic E-state index is 11.7. The van der Waals surface area contributed by atoms with E-state index in [1.165, 1.54) is 5.56 Å². The van der Waals surface area contributed by atoms with E-state index in [0.717, 1.165) is 30.8 Å². The summed E-state index contributed by atoms with van der Waals surface area (Å²) in [5, 5.41) is 3.37. The molecule has 1 aromatic carbocycles. The van der Waals surface area contributed by atoms with Crippen LogP contribution in [0.2, 0.25) is 0 Å². The molecule has 3 N–H and O–H groups in total. The molecule has 17 heavy (non-hydrogen) atoms. The molecule has 1 aromatic rings. The van der Waals surface area contributed by atoms with Gasteiger partial charge < -0.3 is 16.0 Å². The van der Waals surface area contributed by atoms with E-state index < -0.39 is 0 Å². The minimum Gasteiger partial charge on any atom is -0.397 e. The van der Waals surface area contributed by atoms with Crippen LogP contribution < -0.4 is 16.0 Å². The van der Waals surface area contributed by atoms with Crippen LogP contribution in [0.5, 0.6) is 0 Å². The summed E-state index contributed by atoms with van der Waals surface area (Å²) in [6, 6.07) is 3.95. The van der Waals surface area contributed by atoms with Gasteiger partial charge in [-0.05, 0) is 31.4 Å². The average Bonchev–Trinajstić information content (AvgIpc) is 2.32. The number of hydrogen-bond donors (Lipinski definition) is 2. The standard InChI is InChI=1S/C13H19N3O/c1-3-16(9(2)17)13-11(14)7-6-10-5-4-8-15-12(10)13/h6-7,15H,3-5,8,14H2,1-2H3. The molecule has 2 rings (SSSR count). The molecule has 0 radical (unpaired) electrons. The van der Waals surface area contributed by atoms with E-state index in [9.17, 15) is 4.79 Å². The molecule has 1 aliphatic heterocycles. The Bertz CT molecular complexity index is 443. The largest absolute Gasteiger partial charge is 0.397 e. The van der Waals surface area contributed by atoms with Crippen molar-refractivity contribution in [1.82, 2.24) is 0 Å². The molecule has 0 aromatic heterocycles. The summed E-state index contributed by atoms with van der Waals surface area (Å²) < 4.78 is 0. The van der Waals surface area contributed by atoms with E-state index in [2.05, 4.69) is 5.32 Å². The average molecular weight is 233 g/mol. The Hall–Kier alpha value is -1.71. The monoisotopic (exact) mass is 233 g/mol. The number of amides is 1. The topological polar surface area (TPSA) is 58.4 Å². The van der Waals surface area contributed by atoms with E-state index in [4.69, 9.17) is 5.73 Å². The number of fused-ring (bicyclic) bond motifs is 1. The van der Waals surface area contributed by atoms with Crippen molar-refractivity contribution >= 4 is 23.0 Å². The lowest BCUT2D eigenvalue weighted by Gasteiger charge is -2.28. The summed E-state index contributed by atoms with van der Waals surface area (Å²) in [7, 11) is 0. The van der Waals surface area contributed by atoms with Crippen molar-refractivity contribution in [2.75, 3.05) is 29.0 Å². The summed E-state index contributed by atoms with van der Waals surface area (Å²) in [4.78, 5) is 13.4. The number of nitrogens with zero attached hydrogens (tertiary/aromatic N) is 1. The number of nitrogens with two attached hydrogens (primary N) is 1. The number of aryl methyl sites for hydroxylation is 1. The first-order valence-electron chi connectivity index (χ1n) is 6.08. The van der Waals surface area contributed by atoms with Gasteiger partial charge in [0.15, 0.2) is 0 Å². The highest BCUT2D eigenvalue weighted by molar-refractivity contribution is 6.00. The minimum atomic E-state index is 0.0278. The molecule has 4 nitrogen and oxygen atoms in total. The lowest BCUT2D eigenvalue weighted by Crippen LogP contribution is -2.30. The van der Waals surface area contributed by atoms with Crippen LogP contribution in [0.3, 0.4) is 0 Å². The second-order valence-corrected chi connectivity index (χ2v) is 4.33. The molecule has 1 amide bonds. The van der Waals surface area contributed by atoms with Crippen LogP contribution in [0.1, 0.15) is 25.8 Å². The fourth-order valence-electron chi connectivity index (χ4n) is 2.38. The van der Waals surface area contributed by atoms with Gasteiger partial charge in [-0.1, -0.05) is 6.07 Å². The fourth-order valence-corrected chi connectivity index (χ4v) is 2.38. The van der Waals surface area contributed by atoms with Gasteiger partial charge in [0.25, 0.3) is 0 Å². The number of carbonyl (C=O) groups excluding carboxylic acids is 1. The molecule has 1 aliphatic rings. The molecule has 0 saturated carbocycles. The van der Waals surface area contributed by atoms with Gasteiger partial charge in [-0.15, -0.1) is 0 Å². The summed E-state index contributed by atoms with van der Waals surface area (Å²) >= 11 is 0. The highest BCUT2D eigenvalue weighted by Gasteiger charge is 2.21. The van der Waals surface area contributed by atoms with Crippen LogP contribution in [0, 0.1) is 0 Å². The molecular weight excluding hydrogens is 214 g/mol. The second kappa shape index (κ2) is 4.65. The van der Waals surface area contributed by atoms with Crippen molar-refractivity contribution in [3.63, 3.8) is 0 Å². The van der Waals surface area contributed by atoms with Gasteiger partial charge in [0.05, 0.1) is 17.1 Å². The van der Waals surface area contributed by atoms with Crippen molar-refractivity contribution < 1.29 is 4.79 Å². The first kappa shape index (κ1) is 11.8. The van der Waals surface area contributed by atoms with Gasteiger partial charge in [0.1, 0.15) is 0 Å². The highest BCUT2D eigenvalue weighted by atomic mass is 16.2. The first-order chi connectivity index (χ1) is 8.15. The van der Waals surface area contributed by atoms with E-state index in [-0.39, 0.29) is 5.91 Å². The molecule has 92 valence electrons. The Morgan fingerprint density at radius 2 is 2.29 bits per heavy atom. The molecule has 0 unspecified atom stereocenters. The molecule has 0 spiro atoms. The maximum Gasteiger partial charge on any atom is 0.223 e. The van der Waals surface area contributed by atoms with Gasteiger partial charge in [-0.3, -0.25) is 4.79 Å². The summed E-state index contributed by atoms with van der Waals surface area (Å²) in [6.07, 6.45) is 2.17. The second-order valence-electron chi connectivity index (χ2n) is 4.33. The summed E-state index contributed by atoms with van der Waals surface area (Å²) in [5.74, 6) is 0.0278. The minimum absolute atomic E-state index is 0.0278. The van der Waals surface area contributed by atoms with Gasteiger partial charge in [0.2, 0.25) is 5.91 Å². The zero-order chi connectivity index (χ0) is 12.4. The zero-order valence-electron chi connectivity index (χ0n) is 10.4. The lowest BCUT2D eigenvalue weighted by molar-refractivity contribution is -0.116. The van der Waals surface area contributed by atoms with Crippen LogP contribution in [0.15, 0.2) is 12.1 Å². The van der Waals surface area contributed by atoms with Gasteiger partial charge >= 0.3 is 0 Å². The number of nitrogen functional groups attached to an aromatic ring is 1. The normalized spacial score (nSPS) is 13.8. The van der Waals surface area contributed by atoms with E-state index in [0.29, 0.717) is 12.2 Å². The Kier molecular flexibility index (Phi) is 3.22. The molecule has 4 heteroatoms. The molecule has 0 fully saturated rings. The molecule has 0 saturated heterocycles. The lowest BCUT2D eigenvalue weighted by atomic mass is 10.0. The number of anilines is 3. The van der Waals surface area contributed by atoms with Crippen molar-refractivity contribution in [2.24, 2.45) is 0 Å². The van der Waals surface area contributed by atoms with E-state index >= 15 is 0 Å². The SMILES string of the molecule is CCN(C(C)=O)c1c(N)ccc2c1NCCC2. The third kappa shape index (κ3) is 2.07. The molecule has 0 aliphatic carbocycles. The fraction of sp³-hybridized carbons (Fsp3) is 0.462.